The molecule has 1 fully saturated rings. The van der Waals surface area contributed by atoms with Crippen LogP contribution in [0.5, 0.6) is 0 Å². The lowest BCUT2D eigenvalue weighted by Crippen LogP contribution is -2.54. The molecule has 0 aromatic carbocycles. The van der Waals surface area contributed by atoms with Crippen LogP contribution in [0.1, 0.15) is 46.2 Å². The maximum absolute atomic E-state index is 9.18. The second-order valence-electron chi connectivity index (χ2n) is 7.88. The highest BCUT2D eigenvalue weighted by atomic mass is 15.1. The van der Waals surface area contributed by atoms with Crippen LogP contribution in [-0.2, 0) is 0 Å². The number of nitrogens with one attached hydrogen (secondary N) is 2. The molecule has 24 heavy (non-hydrogen) atoms. The lowest BCUT2D eigenvalue weighted by atomic mass is 9.75. The van der Waals surface area contributed by atoms with Crippen molar-refractivity contribution in [3.8, 4) is 6.07 Å². The molecule has 1 aliphatic carbocycles. The SMILES string of the molecule is CC1(N)CC(Nc2ncc3cc(C#N)nc(NC(C)(C)C)c3n2)C1. The van der Waals surface area contributed by atoms with E-state index in [4.69, 9.17) is 5.73 Å². The molecule has 0 saturated heterocycles. The molecular weight excluding hydrogens is 302 g/mol. The number of hydrogen-bond acceptors (Lipinski definition) is 7. The molecule has 3 rings (SSSR count). The van der Waals surface area contributed by atoms with Gasteiger partial charge in [-0.25, -0.2) is 15.0 Å². The molecule has 2 aromatic rings. The number of nitrogens with zero attached hydrogens (tertiary/aromatic N) is 4. The van der Waals surface area contributed by atoms with E-state index < -0.39 is 0 Å². The van der Waals surface area contributed by atoms with Crippen LogP contribution in [0.3, 0.4) is 0 Å². The molecule has 2 aromatic heterocycles. The minimum absolute atomic E-state index is 0.100. The fraction of sp³-hybridized carbons (Fsp3) is 0.529. The van der Waals surface area contributed by atoms with Crippen molar-refractivity contribution < 1.29 is 0 Å². The lowest BCUT2D eigenvalue weighted by molar-refractivity contribution is 0.247. The number of rotatable bonds is 3. The Morgan fingerprint density at radius 2 is 2.04 bits per heavy atom. The molecule has 0 atom stereocenters. The molecule has 7 nitrogen and oxygen atoms in total. The Morgan fingerprint density at radius 3 is 2.62 bits per heavy atom. The Morgan fingerprint density at radius 1 is 1.33 bits per heavy atom. The summed E-state index contributed by atoms with van der Waals surface area (Å²) in [5.74, 6) is 1.16. The van der Waals surface area contributed by atoms with E-state index in [-0.39, 0.29) is 11.1 Å². The number of fused-ring (bicyclic) bond motifs is 1. The summed E-state index contributed by atoms with van der Waals surface area (Å²) >= 11 is 0. The summed E-state index contributed by atoms with van der Waals surface area (Å²) < 4.78 is 0. The molecule has 0 radical (unpaired) electrons. The number of hydrogen-bond donors (Lipinski definition) is 3. The number of pyridine rings is 1. The molecule has 0 amide bonds. The smallest absolute Gasteiger partial charge is 0.223 e. The third-order valence-electron chi connectivity index (χ3n) is 3.93. The van der Waals surface area contributed by atoms with Gasteiger partial charge in [-0.2, -0.15) is 5.26 Å². The Bertz CT molecular complexity index is 806. The topological polar surface area (TPSA) is 113 Å². The van der Waals surface area contributed by atoms with Crippen molar-refractivity contribution in [2.75, 3.05) is 10.6 Å². The maximum atomic E-state index is 9.18. The minimum atomic E-state index is -0.193. The average Bonchev–Trinajstić information content (AvgIpc) is 2.44. The van der Waals surface area contributed by atoms with Crippen molar-refractivity contribution in [2.24, 2.45) is 5.73 Å². The van der Waals surface area contributed by atoms with Crippen molar-refractivity contribution in [3.05, 3.63) is 18.0 Å². The zero-order chi connectivity index (χ0) is 17.5. The third-order valence-corrected chi connectivity index (χ3v) is 3.93. The molecule has 0 unspecified atom stereocenters. The van der Waals surface area contributed by atoms with Gasteiger partial charge in [0.05, 0.1) is 0 Å². The number of nitrogens with two attached hydrogens (primary N) is 1. The average molecular weight is 325 g/mol. The van der Waals surface area contributed by atoms with Crippen molar-refractivity contribution in [3.63, 3.8) is 0 Å². The van der Waals surface area contributed by atoms with Crippen LogP contribution in [0, 0.1) is 11.3 Å². The first-order valence-corrected chi connectivity index (χ1v) is 8.07. The minimum Gasteiger partial charge on any atom is -0.364 e. The molecular formula is C17H23N7. The highest BCUT2D eigenvalue weighted by Crippen LogP contribution is 2.31. The second-order valence-corrected chi connectivity index (χ2v) is 7.88. The first-order chi connectivity index (χ1) is 11.1. The van der Waals surface area contributed by atoms with Gasteiger partial charge >= 0.3 is 0 Å². The van der Waals surface area contributed by atoms with Crippen LogP contribution in [0.15, 0.2) is 12.3 Å². The van der Waals surface area contributed by atoms with E-state index in [0.717, 1.165) is 18.2 Å². The van der Waals surface area contributed by atoms with Gasteiger partial charge in [-0.15, -0.1) is 0 Å². The Labute approximate surface area is 141 Å². The van der Waals surface area contributed by atoms with E-state index in [9.17, 15) is 5.26 Å². The van der Waals surface area contributed by atoms with E-state index in [1.165, 1.54) is 0 Å². The normalized spacial score (nSPS) is 23.4. The summed E-state index contributed by atoms with van der Waals surface area (Å²) in [5.41, 5.74) is 6.81. The summed E-state index contributed by atoms with van der Waals surface area (Å²) in [4.78, 5) is 13.3. The Hall–Kier alpha value is -2.46. The summed E-state index contributed by atoms with van der Waals surface area (Å²) in [6.07, 6.45) is 3.52. The van der Waals surface area contributed by atoms with Crippen LogP contribution in [-0.4, -0.2) is 32.1 Å². The van der Waals surface area contributed by atoms with Gasteiger partial charge in [0, 0.05) is 28.7 Å². The highest BCUT2D eigenvalue weighted by molar-refractivity contribution is 5.89. The van der Waals surface area contributed by atoms with Crippen molar-refractivity contribution in [1.29, 1.82) is 5.26 Å². The van der Waals surface area contributed by atoms with Gasteiger partial charge in [0.15, 0.2) is 5.82 Å². The summed E-state index contributed by atoms with van der Waals surface area (Å²) in [7, 11) is 0. The second kappa shape index (κ2) is 5.56. The maximum Gasteiger partial charge on any atom is 0.223 e. The van der Waals surface area contributed by atoms with Crippen molar-refractivity contribution in [1.82, 2.24) is 15.0 Å². The monoisotopic (exact) mass is 325 g/mol. The zero-order valence-corrected chi connectivity index (χ0v) is 14.5. The molecule has 4 N–H and O–H groups in total. The number of aromatic nitrogens is 3. The van der Waals surface area contributed by atoms with Crippen LogP contribution in [0.4, 0.5) is 11.8 Å². The van der Waals surface area contributed by atoms with E-state index in [0.29, 0.717) is 29.0 Å². The van der Waals surface area contributed by atoms with Gasteiger partial charge in [0.1, 0.15) is 17.3 Å². The van der Waals surface area contributed by atoms with Gasteiger partial charge in [0.25, 0.3) is 0 Å². The highest BCUT2D eigenvalue weighted by Gasteiger charge is 2.37. The Balaban J connectivity index is 1.95. The molecule has 2 heterocycles. The van der Waals surface area contributed by atoms with Crippen molar-refractivity contribution >= 4 is 22.7 Å². The summed E-state index contributed by atoms with van der Waals surface area (Å²) in [5, 5.41) is 16.6. The first-order valence-electron chi connectivity index (χ1n) is 8.07. The van der Waals surface area contributed by atoms with Crippen LogP contribution in [0.25, 0.3) is 10.9 Å². The fourth-order valence-electron chi connectivity index (χ4n) is 2.96. The van der Waals surface area contributed by atoms with Gasteiger partial charge in [-0.1, -0.05) is 0 Å². The molecule has 0 aliphatic heterocycles. The van der Waals surface area contributed by atoms with E-state index >= 15 is 0 Å². The van der Waals surface area contributed by atoms with Gasteiger partial charge in [-0.05, 0) is 46.6 Å². The van der Waals surface area contributed by atoms with Gasteiger partial charge in [0.2, 0.25) is 5.95 Å². The molecule has 1 aliphatic rings. The molecule has 0 spiro atoms. The van der Waals surface area contributed by atoms with E-state index in [1.54, 1.807) is 12.3 Å². The van der Waals surface area contributed by atoms with E-state index in [1.807, 2.05) is 27.7 Å². The predicted octanol–water partition coefficient (Wildman–Crippen LogP) is 2.40. The fourth-order valence-corrected chi connectivity index (χ4v) is 2.96. The molecule has 0 bridgehead atoms. The molecule has 126 valence electrons. The molecule has 7 heteroatoms. The first kappa shape index (κ1) is 16.4. The standard InChI is InChI=1S/C17H23N7/c1-16(2,3)24-14-13-10(5-11(8-18)21-14)9-20-15(23-13)22-12-6-17(4,19)7-12/h5,9,12H,6-7,19H2,1-4H3,(H,21,24)(H,20,22,23). The van der Waals surface area contributed by atoms with E-state index in [2.05, 4.69) is 31.7 Å². The summed E-state index contributed by atoms with van der Waals surface area (Å²) in [6.45, 7) is 8.16. The van der Waals surface area contributed by atoms with Crippen molar-refractivity contribution in [2.45, 2.75) is 57.7 Å². The quantitative estimate of drug-likeness (QED) is 0.794. The van der Waals surface area contributed by atoms with Gasteiger partial charge < -0.3 is 16.4 Å². The van der Waals surface area contributed by atoms with Gasteiger partial charge in [-0.3, -0.25) is 0 Å². The summed E-state index contributed by atoms with van der Waals surface area (Å²) in [6, 6.07) is 4.08. The van der Waals surface area contributed by atoms with Crippen LogP contribution >= 0.6 is 0 Å². The largest absolute Gasteiger partial charge is 0.364 e. The third kappa shape index (κ3) is 3.54. The number of nitriles is 1. The van der Waals surface area contributed by atoms with Crippen LogP contribution < -0.4 is 16.4 Å². The Kier molecular flexibility index (Phi) is 3.80. The van der Waals surface area contributed by atoms with Crippen LogP contribution in [0.2, 0.25) is 0 Å². The number of anilines is 2. The lowest BCUT2D eigenvalue weighted by Gasteiger charge is -2.42. The molecule has 1 saturated carbocycles. The predicted molar refractivity (Wildman–Crippen MR) is 94.7 cm³/mol. The zero-order valence-electron chi connectivity index (χ0n) is 14.5.